The summed E-state index contributed by atoms with van der Waals surface area (Å²) >= 11 is 13.7. The van der Waals surface area contributed by atoms with Crippen LogP contribution >= 0.6 is 35.0 Å². The summed E-state index contributed by atoms with van der Waals surface area (Å²) in [5.41, 5.74) is 2.26. The molecule has 4 rings (SSSR count). The van der Waals surface area contributed by atoms with E-state index in [1.54, 1.807) is 6.07 Å². The van der Waals surface area contributed by atoms with Crippen molar-refractivity contribution in [1.82, 2.24) is 14.9 Å². The number of carbonyl (C=O) groups excluding carboxylic acids is 1. The van der Waals surface area contributed by atoms with Crippen molar-refractivity contribution in [2.24, 2.45) is 0 Å². The SMILES string of the molecule is CN(Cc1ccccc1)c1cc(Cl)nc(SCC(=O)N2CCN(c3cccc(Cl)c3)CC2)n1. The van der Waals surface area contributed by atoms with E-state index < -0.39 is 0 Å². The number of thioether (sulfide) groups is 1. The Morgan fingerprint density at radius 2 is 1.76 bits per heavy atom. The van der Waals surface area contributed by atoms with Crippen LogP contribution in [-0.4, -0.2) is 59.8 Å². The van der Waals surface area contributed by atoms with E-state index in [0.717, 1.165) is 29.6 Å². The third kappa shape index (κ3) is 6.53. The van der Waals surface area contributed by atoms with Gasteiger partial charge in [0.05, 0.1) is 5.75 Å². The summed E-state index contributed by atoms with van der Waals surface area (Å²) in [4.78, 5) is 27.8. The molecule has 1 aliphatic heterocycles. The van der Waals surface area contributed by atoms with Crippen molar-refractivity contribution >= 4 is 52.4 Å². The lowest BCUT2D eigenvalue weighted by Crippen LogP contribution is -2.49. The van der Waals surface area contributed by atoms with Gasteiger partial charge < -0.3 is 14.7 Å². The lowest BCUT2D eigenvalue weighted by Gasteiger charge is -2.36. The molecule has 1 amide bonds. The van der Waals surface area contributed by atoms with Crippen LogP contribution in [0.4, 0.5) is 11.5 Å². The molecule has 0 N–H and O–H groups in total. The first-order valence-electron chi connectivity index (χ1n) is 10.7. The second kappa shape index (κ2) is 11.1. The molecular weight excluding hydrogens is 477 g/mol. The largest absolute Gasteiger partial charge is 0.368 e. The number of hydrogen-bond donors (Lipinski definition) is 0. The predicted octanol–water partition coefficient (Wildman–Crippen LogP) is 4.86. The number of halogens is 2. The van der Waals surface area contributed by atoms with Crippen LogP contribution < -0.4 is 9.80 Å². The Labute approximate surface area is 208 Å². The summed E-state index contributed by atoms with van der Waals surface area (Å²) in [5, 5.41) is 1.59. The van der Waals surface area contributed by atoms with Gasteiger partial charge in [-0.15, -0.1) is 0 Å². The monoisotopic (exact) mass is 501 g/mol. The van der Waals surface area contributed by atoms with Gasteiger partial charge in [-0.05, 0) is 23.8 Å². The zero-order chi connectivity index (χ0) is 23.2. The summed E-state index contributed by atoms with van der Waals surface area (Å²) in [6.45, 7) is 3.60. The molecule has 1 fully saturated rings. The van der Waals surface area contributed by atoms with Crippen LogP contribution in [0.15, 0.2) is 65.8 Å². The van der Waals surface area contributed by atoms with Gasteiger partial charge in [0.15, 0.2) is 5.16 Å². The zero-order valence-corrected chi connectivity index (χ0v) is 20.7. The van der Waals surface area contributed by atoms with Crippen LogP contribution in [0.3, 0.4) is 0 Å². The van der Waals surface area contributed by atoms with Crippen LogP contribution in [0.5, 0.6) is 0 Å². The van der Waals surface area contributed by atoms with Crippen LogP contribution in [0.1, 0.15) is 5.56 Å². The van der Waals surface area contributed by atoms with E-state index in [2.05, 4.69) is 27.0 Å². The number of rotatable bonds is 7. The topological polar surface area (TPSA) is 52.6 Å². The number of benzene rings is 2. The van der Waals surface area contributed by atoms with Crippen molar-refractivity contribution in [1.29, 1.82) is 0 Å². The molecule has 2 aromatic carbocycles. The second-order valence-electron chi connectivity index (χ2n) is 7.81. The van der Waals surface area contributed by atoms with Gasteiger partial charge in [0, 0.05) is 56.5 Å². The molecule has 0 unspecified atom stereocenters. The summed E-state index contributed by atoms with van der Waals surface area (Å²) in [5.74, 6) is 1.08. The molecule has 9 heteroatoms. The Morgan fingerprint density at radius 1 is 1.00 bits per heavy atom. The lowest BCUT2D eigenvalue weighted by molar-refractivity contribution is -0.128. The predicted molar refractivity (Wildman–Crippen MR) is 137 cm³/mol. The number of carbonyl (C=O) groups is 1. The molecule has 1 aliphatic rings. The Kier molecular flexibility index (Phi) is 7.96. The van der Waals surface area contributed by atoms with Gasteiger partial charge in [-0.3, -0.25) is 4.79 Å². The highest BCUT2D eigenvalue weighted by Gasteiger charge is 2.22. The van der Waals surface area contributed by atoms with E-state index in [4.69, 9.17) is 23.2 Å². The Hall–Kier alpha value is -2.48. The molecule has 1 aromatic heterocycles. The van der Waals surface area contributed by atoms with Crippen molar-refractivity contribution in [2.45, 2.75) is 11.7 Å². The van der Waals surface area contributed by atoms with Crippen molar-refractivity contribution in [3.05, 3.63) is 76.4 Å². The van der Waals surface area contributed by atoms with Crippen LogP contribution in [0.2, 0.25) is 10.2 Å². The van der Waals surface area contributed by atoms with Gasteiger partial charge in [0.2, 0.25) is 5.91 Å². The summed E-state index contributed by atoms with van der Waals surface area (Å²) < 4.78 is 0. The minimum absolute atomic E-state index is 0.0773. The van der Waals surface area contributed by atoms with E-state index in [1.165, 1.54) is 17.3 Å². The molecule has 0 saturated carbocycles. The smallest absolute Gasteiger partial charge is 0.233 e. The van der Waals surface area contributed by atoms with Crippen LogP contribution in [0.25, 0.3) is 0 Å². The first-order chi connectivity index (χ1) is 16.0. The minimum Gasteiger partial charge on any atom is -0.368 e. The maximum Gasteiger partial charge on any atom is 0.233 e. The molecule has 172 valence electrons. The highest BCUT2D eigenvalue weighted by molar-refractivity contribution is 7.99. The third-order valence-corrected chi connectivity index (χ3v) is 6.71. The van der Waals surface area contributed by atoms with Gasteiger partial charge in [-0.25, -0.2) is 9.97 Å². The second-order valence-corrected chi connectivity index (χ2v) is 9.58. The quantitative estimate of drug-likeness (QED) is 0.261. The normalized spacial score (nSPS) is 13.8. The number of amides is 1. The Bertz CT molecular complexity index is 1090. The molecule has 3 aromatic rings. The Balaban J connectivity index is 1.31. The molecule has 33 heavy (non-hydrogen) atoms. The summed E-state index contributed by atoms with van der Waals surface area (Å²) in [6.07, 6.45) is 0. The maximum atomic E-state index is 12.8. The van der Waals surface area contributed by atoms with E-state index >= 15 is 0 Å². The maximum absolute atomic E-state index is 12.8. The van der Waals surface area contributed by atoms with Crippen molar-refractivity contribution < 1.29 is 4.79 Å². The van der Waals surface area contributed by atoms with Crippen molar-refractivity contribution in [3.8, 4) is 0 Å². The number of anilines is 2. The highest BCUT2D eigenvalue weighted by Crippen LogP contribution is 2.24. The van der Waals surface area contributed by atoms with E-state index in [9.17, 15) is 4.79 Å². The number of aromatic nitrogens is 2. The number of nitrogens with zero attached hydrogens (tertiary/aromatic N) is 5. The highest BCUT2D eigenvalue weighted by atomic mass is 35.5. The molecule has 0 bridgehead atoms. The average molecular weight is 502 g/mol. The van der Waals surface area contributed by atoms with Gasteiger partial charge in [-0.1, -0.05) is 71.4 Å². The van der Waals surface area contributed by atoms with Gasteiger partial charge in [0.1, 0.15) is 11.0 Å². The molecule has 1 saturated heterocycles. The van der Waals surface area contributed by atoms with Gasteiger partial charge in [-0.2, -0.15) is 0 Å². The van der Waals surface area contributed by atoms with Gasteiger partial charge in [0.25, 0.3) is 0 Å². The van der Waals surface area contributed by atoms with Crippen LogP contribution in [0, 0.1) is 0 Å². The molecule has 2 heterocycles. The first-order valence-corrected chi connectivity index (χ1v) is 12.4. The van der Waals surface area contributed by atoms with Crippen molar-refractivity contribution in [3.63, 3.8) is 0 Å². The molecular formula is C24H25Cl2N5OS. The molecule has 0 atom stereocenters. The fourth-order valence-electron chi connectivity index (χ4n) is 3.69. The minimum atomic E-state index is 0.0773. The van der Waals surface area contributed by atoms with Crippen molar-refractivity contribution in [2.75, 3.05) is 48.8 Å². The van der Waals surface area contributed by atoms with E-state index in [-0.39, 0.29) is 11.7 Å². The molecule has 6 nitrogen and oxygen atoms in total. The van der Waals surface area contributed by atoms with Gasteiger partial charge >= 0.3 is 0 Å². The first kappa shape index (κ1) is 23.7. The van der Waals surface area contributed by atoms with Crippen LogP contribution in [-0.2, 0) is 11.3 Å². The number of piperazine rings is 1. The fraction of sp³-hybridized carbons (Fsp3) is 0.292. The third-order valence-electron chi connectivity index (χ3n) is 5.44. The average Bonchev–Trinajstić information content (AvgIpc) is 2.83. The standard InChI is InChI=1S/C24H25Cl2N5OS/c1-29(16-18-6-3-2-4-7-18)22-15-21(26)27-24(28-22)33-17-23(32)31-12-10-30(11-13-31)20-9-5-8-19(25)14-20/h2-9,14-15H,10-13,16-17H2,1H3. The van der Waals surface area contributed by atoms with E-state index in [1.807, 2.05) is 59.3 Å². The molecule has 0 aliphatic carbocycles. The van der Waals surface area contributed by atoms with E-state index in [0.29, 0.717) is 29.9 Å². The lowest BCUT2D eigenvalue weighted by atomic mass is 10.2. The zero-order valence-electron chi connectivity index (χ0n) is 18.3. The Morgan fingerprint density at radius 3 is 2.48 bits per heavy atom. The fourth-order valence-corrected chi connectivity index (χ4v) is 4.86. The number of hydrogen-bond acceptors (Lipinski definition) is 6. The summed E-state index contributed by atoms with van der Waals surface area (Å²) in [6, 6.07) is 19.7. The molecule has 0 radical (unpaired) electrons. The summed E-state index contributed by atoms with van der Waals surface area (Å²) in [7, 11) is 1.96. The molecule has 0 spiro atoms.